The molecule has 0 aliphatic rings. The van der Waals surface area contributed by atoms with Gasteiger partial charge in [0.25, 0.3) is 0 Å². The van der Waals surface area contributed by atoms with E-state index in [1.54, 1.807) is 0 Å². The fraction of sp³-hybridized carbons (Fsp3) is 0.945. The Kier molecular flexibility index (Phi) is 46.6. The lowest BCUT2D eigenvalue weighted by Crippen LogP contribution is -2.30. The van der Waals surface area contributed by atoms with Crippen molar-refractivity contribution in [3.63, 3.8) is 0 Å². The largest absolute Gasteiger partial charge is 0.462 e. The zero-order valence-corrected chi connectivity index (χ0v) is 41.8. The van der Waals surface area contributed by atoms with Crippen LogP contribution in [0.2, 0.25) is 0 Å². The summed E-state index contributed by atoms with van der Waals surface area (Å²) in [7, 11) is 0. The Bertz CT molecular complexity index is 931. The van der Waals surface area contributed by atoms with Crippen LogP contribution < -0.4 is 0 Å². The molecule has 0 aromatic heterocycles. The number of rotatable bonds is 49. The van der Waals surface area contributed by atoms with Gasteiger partial charge in [0, 0.05) is 19.3 Å². The zero-order chi connectivity index (χ0) is 44.7. The third kappa shape index (κ3) is 49.3. The molecule has 0 spiro atoms. The minimum Gasteiger partial charge on any atom is -0.462 e. The minimum absolute atomic E-state index is 0.0631. The molecule has 0 aliphatic heterocycles. The first kappa shape index (κ1) is 59.4. The zero-order valence-electron chi connectivity index (χ0n) is 41.8. The van der Waals surface area contributed by atoms with Gasteiger partial charge in [-0.1, -0.05) is 266 Å². The van der Waals surface area contributed by atoms with Crippen molar-refractivity contribution < 1.29 is 28.6 Å². The summed E-state index contributed by atoms with van der Waals surface area (Å²) in [4.78, 5) is 38.0. The van der Waals surface area contributed by atoms with Gasteiger partial charge in [-0.05, 0) is 31.1 Å². The van der Waals surface area contributed by atoms with Crippen molar-refractivity contribution in [2.75, 3.05) is 13.2 Å². The normalized spacial score (nSPS) is 12.0. The van der Waals surface area contributed by atoms with Crippen molar-refractivity contribution in [2.24, 2.45) is 11.8 Å². The summed E-state index contributed by atoms with van der Waals surface area (Å²) in [6.45, 7) is 11.4. The molecule has 0 N–H and O–H groups in total. The summed E-state index contributed by atoms with van der Waals surface area (Å²) in [5.41, 5.74) is 0. The molecule has 0 aromatic carbocycles. The van der Waals surface area contributed by atoms with E-state index in [4.69, 9.17) is 14.2 Å². The number of hydrogen-bond donors (Lipinski definition) is 0. The highest BCUT2D eigenvalue weighted by atomic mass is 16.6. The van der Waals surface area contributed by atoms with Crippen LogP contribution in [0, 0.1) is 11.8 Å². The quantitative estimate of drug-likeness (QED) is 0.0344. The molecule has 0 heterocycles. The first-order valence-corrected chi connectivity index (χ1v) is 27.2. The van der Waals surface area contributed by atoms with E-state index in [9.17, 15) is 14.4 Å². The third-order valence-corrected chi connectivity index (χ3v) is 12.5. The molecular weight excluding hydrogens is 757 g/mol. The Morgan fingerprint density at radius 3 is 0.803 bits per heavy atom. The summed E-state index contributed by atoms with van der Waals surface area (Å²) in [6, 6.07) is 0. The second kappa shape index (κ2) is 47.9. The Morgan fingerprint density at radius 2 is 0.541 bits per heavy atom. The maximum absolute atomic E-state index is 12.8. The standard InChI is InChI=1S/C55H106O6/c1-6-7-8-9-10-11-12-20-27-32-37-42-47-55(58)61-52(49-60-54(57)46-41-36-31-26-22-17-16-19-24-29-34-39-44-51(4)5)48-59-53(56)45-40-35-30-25-21-15-13-14-18-23-28-33-38-43-50(2)3/h50-52H,6-49H2,1-5H3/t52-/m0/s1. The molecule has 6 heteroatoms. The Balaban J connectivity index is 4.29. The molecule has 0 saturated carbocycles. The first-order chi connectivity index (χ1) is 29.7. The van der Waals surface area contributed by atoms with Gasteiger partial charge in [-0.2, -0.15) is 0 Å². The van der Waals surface area contributed by atoms with Gasteiger partial charge in [0.1, 0.15) is 13.2 Å². The Labute approximate surface area is 380 Å². The number of hydrogen-bond acceptors (Lipinski definition) is 6. The molecule has 0 radical (unpaired) electrons. The number of carbonyl (C=O) groups excluding carboxylic acids is 3. The van der Waals surface area contributed by atoms with E-state index in [2.05, 4.69) is 34.6 Å². The van der Waals surface area contributed by atoms with Gasteiger partial charge in [-0.3, -0.25) is 14.4 Å². The maximum atomic E-state index is 12.8. The van der Waals surface area contributed by atoms with E-state index in [0.29, 0.717) is 19.3 Å². The molecule has 6 nitrogen and oxygen atoms in total. The molecule has 0 rings (SSSR count). The topological polar surface area (TPSA) is 78.9 Å². The molecule has 61 heavy (non-hydrogen) atoms. The fourth-order valence-electron chi connectivity index (χ4n) is 8.34. The van der Waals surface area contributed by atoms with Crippen molar-refractivity contribution in [1.82, 2.24) is 0 Å². The van der Waals surface area contributed by atoms with Gasteiger partial charge in [0.15, 0.2) is 6.10 Å². The first-order valence-electron chi connectivity index (χ1n) is 27.2. The van der Waals surface area contributed by atoms with Crippen LogP contribution in [0.25, 0.3) is 0 Å². The molecule has 1 atom stereocenters. The monoisotopic (exact) mass is 863 g/mol. The molecule has 0 unspecified atom stereocenters. The van der Waals surface area contributed by atoms with E-state index in [0.717, 1.165) is 69.6 Å². The molecule has 0 aliphatic carbocycles. The number of unbranched alkanes of at least 4 members (excludes halogenated alkanes) is 34. The van der Waals surface area contributed by atoms with Gasteiger partial charge < -0.3 is 14.2 Å². The van der Waals surface area contributed by atoms with E-state index < -0.39 is 6.10 Å². The van der Waals surface area contributed by atoms with E-state index in [1.165, 1.54) is 193 Å². The van der Waals surface area contributed by atoms with Crippen molar-refractivity contribution in [3.05, 3.63) is 0 Å². The molecule has 0 aromatic rings. The Morgan fingerprint density at radius 1 is 0.311 bits per heavy atom. The predicted octanol–water partition coefficient (Wildman–Crippen LogP) is 17.7. The smallest absolute Gasteiger partial charge is 0.306 e. The van der Waals surface area contributed by atoms with Crippen LogP contribution in [0.3, 0.4) is 0 Å². The molecule has 0 bridgehead atoms. The highest BCUT2D eigenvalue weighted by Gasteiger charge is 2.19. The second-order valence-corrected chi connectivity index (χ2v) is 19.8. The Hall–Kier alpha value is -1.59. The summed E-state index contributed by atoms with van der Waals surface area (Å²) in [5.74, 6) is 0.830. The van der Waals surface area contributed by atoms with Crippen LogP contribution >= 0.6 is 0 Å². The van der Waals surface area contributed by atoms with Crippen LogP contribution in [0.4, 0.5) is 0 Å². The van der Waals surface area contributed by atoms with Crippen LogP contribution in [0.15, 0.2) is 0 Å². The summed E-state index contributed by atoms with van der Waals surface area (Å²) < 4.78 is 16.8. The number of esters is 3. The third-order valence-electron chi connectivity index (χ3n) is 12.5. The molecular formula is C55H106O6. The molecule has 0 fully saturated rings. The van der Waals surface area contributed by atoms with Gasteiger partial charge in [0.2, 0.25) is 0 Å². The van der Waals surface area contributed by atoms with Crippen molar-refractivity contribution in [1.29, 1.82) is 0 Å². The predicted molar refractivity (Wildman–Crippen MR) is 261 cm³/mol. The number of ether oxygens (including phenoxy) is 3. The van der Waals surface area contributed by atoms with Crippen molar-refractivity contribution in [2.45, 2.75) is 310 Å². The van der Waals surface area contributed by atoms with Gasteiger partial charge in [-0.25, -0.2) is 0 Å². The average molecular weight is 863 g/mol. The lowest BCUT2D eigenvalue weighted by Gasteiger charge is -2.18. The molecule has 0 amide bonds. The molecule has 362 valence electrons. The van der Waals surface area contributed by atoms with E-state index in [1.807, 2.05) is 0 Å². The average Bonchev–Trinajstić information content (AvgIpc) is 3.23. The lowest BCUT2D eigenvalue weighted by atomic mass is 10.0. The minimum atomic E-state index is -0.761. The van der Waals surface area contributed by atoms with Crippen molar-refractivity contribution >= 4 is 17.9 Å². The van der Waals surface area contributed by atoms with Crippen LogP contribution in [0.1, 0.15) is 304 Å². The van der Waals surface area contributed by atoms with Gasteiger partial charge in [-0.15, -0.1) is 0 Å². The summed E-state index contributed by atoms with van der Waals surface area (Å²) in [6.07, 6.45) is 49.4. The molecule has 0 saturated heterocycles. The van der Waals surface area contributed by atoms with Crippen LogP contribution in [-0.4, -0.2) is 37.2 Å². The number of carbonyl (C=O) groups is 3. The van der Waals surface area contributed by atoms with Crippen LogP contribution in [-0.2, 0) is 28.6 Å². The fourth-order valence-corrected chi connectivity index (χ4v) is 8.34. The van der Waals surface area contributed by atoms with E-state index in [-0.39, 0.29) is 31.1 Å². The maximum Gasteiger partial charge on any atom is 0.306 e. The highest BCUT2D eigenvalue weighted by molar-refractivity contribution is 5.71. The summed E-state index contributed by atoms with van der Waals surface area (Å²) >= 11 is 0. The lowest BCUT2D eigenvalue weighted by molar-refractivity contribution is -0.167. The highest BCUT2D eigenvalue weighted by Crippen LogP contribution is 2.18. The second-order valence-electron chi connectivity index (χ2n) is 19.8. The van der Waals surface area contributed by atoms with Gasteiger partial charge >= 0.3 is 17.9 Å². The SMILES string of the molecule is CCCCCCCCCCCCCCC(=O)O[C@@H](COC(=O)CCCCCCCCCCCCCCCC(C)C)COC(=O)CCCCCCCCCCCCCCC(C)C. The van der Waals surface area contributed by atoms with E-state index >= 15 is 0 Å². The van der Waals surface area contributed by atoms with Crippen LogP contribution in [0.5, 0.6) is 0 Å². The van der Waals surface area contributed by atoms with Gasteiger partial charge in [0.05, 0.1) is 0 Å². The summed E-state index contributed by atoms with van der Waals surface area (Å²) in [5, 5.41) is 0. The van der Waals surface area contributed by atoms with Crippen molar-refractivity contribution in [3.8, 4) is 0 Å².